The highest BCUT2D eigenvalue weighted by atomic mass is 28.4. The van der Waals surface area contributed by atoms with Crippen LogP contribution in [0.5, 0.6) is 5.75 Å². The number of pyridine rings is 1. The first kappa shape index (κ1) is 42.6. The van der Waals surface area contributed by atoms with Crippen LogP contribution in [0.25, 0.3) is 11.0 Å². The van der Waals surface area contributed by atoms with Gasteiger partial charge < -0.3 is 24.1 Å². The van der Waals surface area contributed by atoms with Crippen molar-refractivity contribution >= 4 is 53.4 Å². The highest BCUT2D eigenvalue weighted by Gasteiger charge is 2.52. The number of methoxy groups -OCH3 is 1. The molecule has 1 fully saturated rings. The van der Waals surface area contributed by atoms with E-state index in [-0.39, 0.29) is 31.7 Å². The Morgan fingerprint density at radius 1 is 0.883 bits per heavy atom. The quantitative estimate of drug-likeness (QED) is 0.125. The van der Waals surface area contributed by atoms with Gasteiger partial charge in [-0.1, -0.05) is 93.6 Å². The summed E-state index contributed by atoms with van der Waals surface area (Å²) in [6.07, 6.45) is -0.798. The Kier molecular flexibility index (Phi) is 12.3. The Morgan fingerprint density at radius 3 is 2.02 bits per heavy atom. The van der Waals surface area contributed by atoms with Gasteiger partial charge in [-0.15, -0.1) is 0 Å². The lowest BCUT2D eigenvalue weighted by molar-refractivity contribution is -0.147. The molecule has 1 aliphatic carbocycles. The molecule has 2 heterocycles. The third kappa shape index (κ3) is 9.14. The van der Waals surface area contributed by atoms with Crippen molar-refractivity contribution in [2.45, 2.75) is 102 Å². The number of fused-ring (bicyclic) bond motifs is 1. The molecule has 3 aromatic carbocycles. The zero-order valence-electron chi connectivity index (χ0n) is 36.3. The van der Waals surface area contributed by atoms with Gasteiger partial charge in [0.25, 0.3) is 8.32 Å². The van der Waals surface area contributed by atoms with Gasteiger partial charge >= 0.3 is 6.09 Å². The summed E-state index contributed by atoms with van der Waals surface area (Å²) in [5, 5.41) is 8.65. The lowest BCUT2D eigenvalue weighted by Gasteiger charge is -2.44. The summed E-state index contributed by atoms with van der Waals surface area (Å²) >= 11 is 0. The maximum absolute atomic E-state index is 15.2. The molecule has 1 atom stereocenters. The van der Waals surface area contributed by atoms with Crippen molar-refractivity contribution in [2.24, 2.45) is 0 Å². The summed E-state index contributed by atoms with van der Waals surface area (Å²) in [6.45, 7) is 11.6. The number of aromatic nitrogens is 3. The van der Waals surface area contributed by atoms with Crippen molar-refractivity contribution in [1.82, 2.24) is 19.7 Å². The predicted octanol–water partition coefficient (Wildman–Crippen LogP) is 8.10. The fraction of sp³-hybridized carbons (Fsp3) is 0.413. The average molecular weight is 841 g/mol. The topological polar surface area (TPSA) is 125 Å². The molecule has 1 N–H and O–H groups in total. The minimum Gasteiger partial charge on any atom is -0.497 e. The van der Waals surface area contributed by atoms with E-state index in [4.69, 9.17) is 15.3 Å². The maximum Gasteiger partial charge on any atom is 0.435 e. The molecule has 0 spiro atoms. The largest absolute Gasteiger partial charge is 0.497 e. The number of hydrogen-bond donors (Lipinski definition) is 1. The van der Waals surface area contributed by atoms with Crippen molar-refractivity contribution < 1.29 is 38.4 Å². The first-order valence-electron chi connectivity index (χ1n) is 20.8. The van der Waals surface area contributed by atoms with Crippen LogP contribution in [-0.2, 0) is 24.2 Å². The third-order valence-electron chi connectivity index (χ3n) is 11.2. The molecule has 0 bridgehead atoms. The van der Waals surface area contributed by atoms with Crippen LogP contribution in [0, 0.1) is 0 Å². The molecule has 2 amide bonds. The second-order valence-corrected chi connectivity index (χ2v) is 21.7. The molecular formula is C46H55F2N5O6Si. The van der Waals surface area contributed by atoms with E-state index in [1.807, 2.05) is 36.4 Å². The average Bonchev–Trinajstić information content (AvgIpc) is 3.65. The number of benzene rings is 3. The van der Waals surface area contributed by atoms with Gasteiger partial charge in [0.2, 0.25) is 17.7 Å². The summed E-state index contributed by atoms with van der Waals surface area (Å²) < 4.78 is 57.6. The smallest absolute Gasteiger partial charge is 0.435 e. The lowest BCUT2D eigenvalue weighted by atomic mass is 9.67. The number of ether oxygens (including phenoxy) is 2. The fourth-order valence-corrected chi connectivity index (χ4v) is 12.7. The molecule has 14 heteroatoms. The zero-order valence-corrected chi connectivity index (χ0v) is 36.3. The number of hydrogen-bond acceptors (Lipinski definition) is 8. The number of anilines is 1. The van der Waals surface area contributed by atoms with Crippen LogP contribution >= 0.6 is 0 Å². The van der Waals surface area contributed by atoms with Gasteiger partial charge in [-0.25, -0.2) is 18.6 Å². The van der Waals surface area contributed by atoms with Crippen molar-refractivity contribution in [3.05, 3.63) is 109 Å². The third-order valence-corrected chi connectivity index (χ3v) is 16.2. The van der Waals surface area contributed by atoms with E-state index >= 15 is 4.79 Å². The van der Waals surface area contributed by atoms with Gasteiger partial charge in [-0.3, -0.25) is 9.59 Å². The van der Waals surface area contributed by atoms with Crippen LogP contribution in [0.15, 0.2) is 103 Å². The van der Waals surface area contributed by atoms with Crippen molar-refractivity contribution in [3.8, 4) is 5.75 Å². The standard InChI is InChI=1S/C46H55F2N5O6Si/c1-43(2,3)59-42(56)53-37-23-24-39(50-36(37)31-49-53)51-40(54)38(25-30-58-60(44(4,5)6,34-15-11-9-12-16-34)35-17-13-10-14-18-35)52(7)41(55)45(26-28-46(47,48)29-27-45)32-19-21-33(57-8)22-20-32/h9-24,31,38H,25-30H2,1-8H3,(H,50,51,54)/t38-/m0/s1/i7D. The van der Waals surface area contributed by atoms with Crippen LogP contribution in [0.1, 0.15) is 80.6 Å². The van der Waals surface area contributed by atoms with Crippen LogP contribution in [0.3, 0.4) is 0 Å². The number of likely N-dealkylation sites (N-methyl/N-ethyl adjacent to an activating group) is 1. The highest BCUT2D eigenvalue weighted by Crippen LogP contribution is 2.47. The molecule has 0 aliphatic heterocycles. The normalized spacial score (nSPS) is 16.1. The van der Waals surface area contributed by atoms with E-state index in [0.717, 1.165) is 15.1 Å². The molecular weight excluding hydrogens is 785 g/mol. The Labute approximate surface area is 353 Å². The molecule has 11 nitrogen and oxygen atoms in total. The summed E-state index contributed by atoms with van der Waals surface area (Å²) in [5.41, 5.74) is -1.06. The van der Waals surface area contributed by atoms with E-state index in [1.165, 1.54) is 24.3 Å². The Bertz CT molecular complexity index is 2270. The van der Waals surface area contributed by atoms with Gasteiger partial charge in [-0.05, 0) is 85.3 Å². The van der Waals surface area contributed by atoms with Gasteiger partial charge in [-0.2, -0.15) is 9.78 Å². The van der Waals surface area contributed by atoms with Gasteiger partial charge in [0, 0.05) is 27.8 Å². The van der Waals surface area contributed by atoms with E-state index in [2.05, 4.69) is 60.4 Å². The second-order valence-electron chi connectivity index (χ2n) is 17.4. The van der Waals surface area contributed by atoms with Crippen molar-refractivity contribution in [1.29, 1.82) is 0 Å². The van der Waals surface area contributed by atoms with Crippen LogP contribution in [-0.4, -0.2) is 84.2 Å². The van der Waals surface area contributed by atoms with Gasteiger partial charge in [0.05, 0.1) is 24.2 Å². The van der Waals surface area contributed by atoms with Crippen molar-refractivity contribution in [3.63, 3.8) is 0 Å². The monoisotopic (exact) mass is 840 g/mol. The first-order valence-corrected chi connectivity index (χ1v) is 22.0. The molecule has 0 radical (unpaired) electrons. The van der Waals surface area contributed by atoms with Crippen LogP contribution < -0.4 is 20.4 Å². The summed E-state index contributed by atoms with van der Waals surface area (Å²) in [6, 6.07) is 28.5. The predicted molar refractivity (Wildman–Crippen MR) is 231 cm³/mol. The van der Waals surface area contributed by atoms with Crippen LogP contribution in [0.4, 0.5) is 19.4 Å². The molecule has 1 saturated carbocycles. The number of rotatable bonds is 12. The molecule has 318 valence electrons. The number of carbonyl (C=O) groups is 3. The molecule has 60 heavy (non-hydrogen) atoms. The number of nitrogens with zero attached hydrogens (tertiary/aromatic N) is 4. The zero-order chi connectivity index (χ0) is 44.2. The maximum atomic E-state index is 15.2. The second kappa shape index (κ2) is 17.3. The molecule has 0 saturated heterocycles. The number of nitrogens with one attached hydrogen (secondary N) is 1. The lowest BCUT2D eigenvalue weighted by Crippen LogP contribution is -2.66. The molecule has 2 aromatic heterocycles. The first-order chi connectivity index (χ1) is 28.8. The van der Waals surface area contributed by atoms with E-state index in [0.29, 0.717) is 22.3 Å². The van der Waals surface area contributed by atoms with Gasteiger partial charge in [0.1, 0.15) is 28.7 Å². The summed E-state index contributed by atoms with van der Waals surface area (Å²) in [7, 11) is -2.24. The minimum atomic E-state index is -3.11. The molecule has 0 unspecified atom stereocenters. The number of amides is 2. The summed E-state index contributed by atoms with van der Waals surface area (Å²) in [5.74, 6) is -3.58. The number of alkyl halides is 2. The van der Waals surface area contributed by atoms with E-state index in [9.17, 15) is 18.4 Å². The number of carbonyl (C=O) groups excluding carboxylic acids is 3. The van der Waals surface area contributed by atoms with Crippen LogP contribution in [0.2, 0.25) is 5.04 Å². The molecule has 5 aromatic rings. The van der Waals surface area contributed by atoms with Crippen molar-refractivity contribution in [2.75, 3.05) is 26.1 Å². The van der Waals surface area contributed by atoms with E-state index in [1.54, 1.807) is 51.1 Å². The fourth-order valence-electron chi connectivity index (χ4n) is 8.15. The number of halogens is 2. The van der Waals surface area contributed by atoms with Gasteiger partial charge in [0.15, 0.2) is 0 Å². The Hall–Kier alpha value is -5.47. The highest BCUT2D eigenvalue weighted by molar-refractivity contribution is 6.99. The molecule has 6 rings (SSSR count). The Balaban J connectivity index is 1.39. The molecule has 1 aliphatic rings. The Morgan fingerprint density at radius 2 is 1.48 bits per heavy atom. The minimum absolute atomic E-state index is 0.0118. The summed E-state index contributed by atoms with van der Waals surface area (Å²) in [4.78, 5) is 48.5. The van der Waals surface area contributed by atoms with E-state index < -0.39 is 74.1 Å². The SMILES string of the molecule is [2H]CN(C(=O)C1(c2ccc(OC)cc2)CCC(F)(F)CC1)[C@@H](CCO[Si](c1ccccc1)(c1ccccc1)C(C)(C)C)C(=O)Nc1ccc2c(cnn2C(=O)OC(C)(C)C)n1.